The Bertz CT molecular complexity index is 75.8. The van der Waals surface area contributed by atoms with E-state index in [1.165, 1.54) is 0 Å². The van der Waals surface area contributed by atoms with Crippen LogP contribution in [-0.2, 0) is 47.4 Å². The molecule has 0 saturated carbocycles. The van der Waals surface area contributed by atoms with Gasteiger partial charge in [-0.3, -0.25) is 0 Å². The van der Waals surface area contributed by atoms with Crippen LogP contribution < -0.4 is 0 Å². The van der Waals surface area contributed by atoms with E-state index in [2.05, 4.69) is 0 Å². The normalized spacial score (nSPS) is 4.73. The Balaban J connectivity index is -0.0000000171. The van der Waals surface area contributed by atoms with Crippen molar-refractivity contribution in [2.45, 2.75) is 0 Å². The van der Waals surface area contributed by atoms with Crippen molar-refractivity contribution in [1.29, 1.82) is 0 Å². The predicted octanol–water partition coefficient (Wildman–Crippen LogP) is -5.22. The molecule has 0 unspecified atom stereocenters. The van der Waals surface area contributed by atoms with Crippen LogP contribution in [0, 0.1) is 0 Å². The van der Waals surface area contributed by atoms with Gasteiger partial charge in [0.25, 0.3) is 0 Å². The standard InChI is InChI=1S/4H2O.2O.3Pb.Ti.Zr.6H/h4*1H2;;;;;;;;;;;;;/q;;;;;;;;;2*+2;;;;;;/p-4. The monoisotopic (exact) mass is 868 g/mol. The summed E-state index contributed by atoms with van der Waals surface area (Å²) >= 11 is -7.38. The molecule has 0 aliphatic rings. The molecular weight excluding hydrogens is 857 g/mol. The third-order valence-corrected chi connectivity index (χ3v) is 0. The van der Waals surface area contributed by atoms with Gasteiger partial charge in [-0.15, -0.1) is 0 Å². The van der Waals surface area contributed by atoms with E-state index in [1.54, 1.807) is 0 Å². The fourth-order valence-corrected chi connectivity index (χ4v) is 0. The molecule has 0 spiro atoms. The Labute approximate surface area is 140 Å². The van der Waals surface area contributed by atoms with Crippen LogP contribution >= 0.6 is 0 Å². The zero-order chi connectivity index (χ0) is 7.15. The minimum atomic E-state index is -3.79. The van der Waals surface area contributed by atoms with Crippen molar-refractivity contribution in [1.82, 2.24) is 0 Å². The summed E-state index contributed by atoms with van der Waals surface area (Å²) in [6, 6.07) is 0. The van der Waals surface area contributed by atoms with Gasteiger partial charge in [-0.25, -0.2) is 0 Å². The second-order valence-electron chi connectivity index (χ2n) is 0.565. The van der Waals surface area contributed by atoms with Gasteiger partial charge in [-0.2, -0.15) is 0 Å². The number of hydrogen-bond acceptors (Lipinski definition) is 2. The topological polar surface area (TPSA) is 115 Å². The number of hydrogen-bond donors (Lipinski definition) is 4. The molecule has 0 saturated heterocycles. The summed E-state index contributed by atoms with van der Waals surface area (Å²) in [5, 5.41) is 0. The van der Waals surface area contributed by atoms with E-state index in [0.29, 0.717) is 0 Å². The van der Waals surface area contributed by atoms with E-state index >= 15 is 0 Å². The molecule has 11 heteroatoms. The summed E-state index contributed by atoms with van der Waals surface area (Å²) in [6.45, 7) is 0. The zero-order valence-electron chi connectivity index (χ0n) is 5.73. The van der Waals surface area contributed by atoms with E-state index in [0.717, 1.165) is 0 Å². The van der Waals surface area contributed by atoms with Crippen LogP contribution in [0.2, 0.25) is 0 Å². The van der Waals surface area contributed by atoms with Crippen molar-refractivity contribution in [3.8, 4) is 0 Å². The molecule has 11 heavy (non-hydrogen) atoms. The molecule has 0 rings (SSSR count). The van der Waals surface area contributed by atoms with Crippen molar-refractivity contribution >= 4 is 81.9 Å². The second-order valence-corrected chi connectivity index (χ2v) is 2.84. The molecule has 0 amide bonds. The third-order valence-electron chi connectivity index (χ3n) is 0. The van der Waals surface area contributed by atoms with Crippen LogP contribution in [0.1, 0.15) is 0 Å². The van der Waals surface area contributed by atoms with Crippen molar-refractivity contribution < 1.29 is 61.1 Å². The van der Waals surface area contributed by atoms with Crippen LogP contribution in [-0.4, -0.2) is 95.6 Å². The molecule has 0 aromatic heterocycles. The van der Waals surface area contributed by atoms with Crippen LogP contribution in [0.3, 0.4) is 0 Å². The Kier molecular flexibility index (Phi) is 62.8. The van der Waals surface area contributed by atoms with Gasteiger partial charge in [0.2, 0.25) is 0 Å². The molecule has 0 aromatic rings. The number of rotatable bonds is 0. The van der Waals surface area contributed by atoms with E-state index < -0.39 is 41.3 Å². The molecular formula is H10O6Pb3TiZr. The maximum atomic E-state index is 8.84. The van der Waals surface area contributed by atoms with Gasteiger partial charge in [-0.05, 0) is 0 Å². The van der Waals surface area contributed by atoms with Gasteiger partial charge in [0.15, 0.2) is 0 Å². The van der Waals surface area contributed by atoms with Gasteiger partial charge in [0.05, 0.1) is 0 Å². The minimum absolute atomic E-state index is 0. The quantitative estimate of drug-likeness (QED) is 0.182. The molecule has 66 valence electrons. The Morgan fingerprint density at radius 1 is 1.00 bits per heavy atom. The zero-order valence-corrected chi connectivity index (χ0v) is 26.2. The molecule has 0 bridgehead atoms. The Morgan fingerprint density at radius 2 is 1.00 bits per heavy atom. The summed E-state index contributed by atoms with van der Waals surface area (Å²) in [7, 11) is 0. The molecule has 0 heterocycles. The van der Waals surface area contributed by atoms with Crippen molar-refractivity contribution in [2.75, 3.05) is 0 Å². The average Bonchev–Trinajstić information content (AvgIpc) is 1.25. The van der Waals surface area contributed by atoms with Crippen molar-refractivity contribution in [2.24, 2.45) is 0 Å². The van der Waals surface area contributed by atoms with E-state index in [1.807, 2.05) is 0 Å². The van der Waals surface area contributed by atoms with Crippen molar-refractivity contribution in [3.63, 3.8) is 0 Å². The second kappa shape index (κ2) is 23.5. The molecule has 0 aromatic carbocycles. The van der Waals surface area contributed by atoms with Gasteiger partial charge in [0, 0.05) is 0 Å². The van der Waals surface area contributed by atoms with Gasteiger partial charge < -0.3 is 0 Å². The fraction of sp³-hybridized carbons (Fsp3) is 0. The van der Waals surface area contributed by atoms with Gasteiger partial charge in [-0.1, -0.05) is 0 Å². The summed E-state index contributed by atoms with van der Waals surface area (Å²) < 4.78 is 46.6. The van der Waals surface area contributed by atoms with E-state index in [9.17, 15) is 0 Å². The molecule has 6 radical (unpaired) electrons. The van der Waals surface area contributed by atoms with Crippen LogP contribution in [0.4, 0.5) is 0 Å². The van der Waals surface area contributed by atoms with Crippen molar-refractivity contribution in [3.05, 3.63) is 0 Å². The summed E-state index contributed by atoms with van der Waals surface area (Å²) in [6.07, 6.45) is 0. The predicted molar refractivity (Wildman–Crippen MR) is 35.9 cm³/mol. The first kappa shape index (κ1) is 29.3. The first-order chi connectivity index (χ1) is 3.46. The fourth-order valence-electron chi connectivity index (χ4n) is 0. The van der Waals surface area contributed by atoms with E-state index in [4.69, 9.17) is 19.9 Å². The molecule has 0 aliphatic heterocycles. The van der Waals surface area contributed by atoms with E-state index in [-0.39, 0.29) is 81.9 Å². The molecule has 6 nitrogen and oxygen atoms in total. The van der Waals surface area contributed by atoms with Gasteiger partial charge in [0.1, 0.15) is 0 Å². The Morgan fingerprint density at radius 3 is 1.00 bits per heavy atom. The summed E-state index contributed by atoms with van der Waals surface area (Å²) in [5.41, 5.74) is 0. The maximum absolute atomic E-state index is 8.84. The molecule has 0 atom stereocenters. The van der Waals surface area contributed by atoms with Gasteiger partial charge >= 0.3 is 143 Å². The van der Waals surface area contributed by atoms with Crippen LogP contribution in [0.15, 0.2) is 0 Å². The van der Waals surface area contributed by atoms with Crippen LogP contribution in [0.25, 0.3) is 0 Å². The molecule has 0 fully saturated rings. The van der Waals surface area contributed by atoms with Crippen LogP contribution in [0.5, 0.6) is 0 Å². The summed E-state index contributed by atoms with van der Waals surface area (Å²) in [4.78, 5) is 0. The average molecular weight is 867 g/mol. The molecule has 4 N–H and O–H groups in total. The molecule has 0 aliphatic carbocycles. The Hall–Kier alpha value is 3.80. The third kappa shape index (κ3) is 133. The summed E-state index contributed by atoms with van der Waals surface area (Å²) in [5.74, 6) is 0. The SMILES string of the molecule is [O]=[Ti]([OH])[OH].[O]=[Zr]([OH])[OH].[PbH2].[PbH2].[PbH2]. The first-order valence-electron chi connectivity index (χ1n) is 1.30. The first-order valence-corrected chi connectivity index (χ1v) is 6.54.